The van der Waals surface area contributed by atoms with Gasteiger partial charge in [0.05, 0.1) is 17.7 Å². The van der Waals surface area contributed by atoms with E-state index in [0.717, 1.165) is 5.56 Å². The summed E-state index contributed by atoms with van der Waals surface area (Å²) in [4.78, 5) is 16.1. The molecule has 2 aromatic carbocycles. The molecule has 3 N–H and O–H groups in total. The Balaban J connectivity index is 1.63. The molecule has 0 aliphatic carbocycles. The van der Waals surface area contributed by atoms with Crippen molar-refractivity contribution >= 4 is 27.4 Å². The molecule has 30 heavy (non-hydrogen) atoms. The number of hydrogen-bond acceptors (Lipinski definition) is 5. The van der Waals surface area contributed by atoms with Crippen molar-refractivity contribution in [2.75, 3.05) is 17.1 Å². The van der Waals surface area contributed by atoms with Crippen LogP contribution in [0.1, 0.15) is 11.1 Å². The standard InChI is InChI=1S/C21H22N4O4S/c1-15-19(6-3-7-20(15)29-2)25-30(27,28)18-10-8-17(9-11-18)24-21(26)23-14-16-5-4-12-22-13-16/h3-13,25H,14H2,1-2H3,(H2,23,24,26). The lowest BCUT2D eigenvalue weighted by Gasteiger charge is -2.13. The second-order valence-corrected chi connectivity index (χ2v) is 8.11. The predicted molar refractivity (Wildman–Crippen MR) is 115 cm³/mol. The molecule has 8 nitrogen and oxygen atoms in total. The molecule has 2 amide bonds. The number of nitrogens with one attached hydrogen (secondary N) is 3. The second-order valence-electron chi connectivity index (χ2n) is 6.43. The average Bonchev–Trinajstić information content (AvgIpc) is 2.75. The predicted octanol–water partition coefficient (Wildman–Crippen LogP) is 3.52. The maximum Gasteiger partial charge on any atom is 0.319 e. The fraction of sp³-hybridized carbons (Fsp3) is 0.143. The summed E-state index contributed by atoms with van der Waals surface area (Å²) in [7, 11) is -2.27. The lowest BCUT2D eigenvalue weighted by atomic mass is 10.2. The SMILES string of the molecule is COc1cccc(NS(=O)(=O)c2ccc(NC(=O)NCc3cccnc3)cc2)c1C. The van der Waals surface area contributed by atoms with Gasteiger partial charge in [0.1, 0.15) is 5.75 Å². The summed E-state index contributed by atoms with van der Waals surface area (Å²) >= 11 is 0. The van der Waals surface area contributed by atoms with E-state index in [2.05, 4.69) is 20.3 Å². The number of nitrogens with zero attached hydrogens (tertiary/aromatic N) is 1. The largest absolute Gasteiger partial charge is 0.496 e. The van der Waals surface area contributed by atoms with Gasteiger partial charge in [0.2, 0.25) is 0 Å². The number of aromatic nitrogens is 1. The zero-order valence-electron chi connectivity index (χ0n) is 16.5. The number of hydrogen-bond donors (Lipinski definition) is 3. The third kappa shape index (κ3) is 5.26. The number of anilines is 2. The molecular weight excluding hydrogens is 404 g/mol. The quantitative estimate of drug-likeness (QED) is 0.536. The van der Waals surface area contributed by atoms with Crippen LogP contribution < -0.4 is 20.1 Å². The highest BCUT2D eigenvalue weighted by atomic mass is 32.2. The highest BCUT2D eigenvalue weighted by Crippen LogP contribution is 2.27. The van der Waals surface area contributed by atoms with Crippen LogP contribution in [0.5, 0.6) is 5.75 Å². The van der Waals surface area contributed by atoms with Gasteiger partial charge in [-0.3, -0.25) is 9.71 Å². The smallest absolute Gasteiger partial charge is 0.319 e. The van der Waals surface area contributed by atoms with Crippen LogP contribution in [0.15, 0.2) is 71.9 Å². The minimum Gasteiger partial charge on any atom is -0.496 e. The molecule has 0 saturated heterocycles. The number of rotatable bonds is 7. The summed E-state index contributed by atoms with van der Waals surface area (Å²) in [5.74, 6) is 0.590. The molecule has 0 bridgehead atoms. The lowest BCUT2D eigenvalue weighted by molar-refractivity contribution is 0.251. The molecule has 9 heteroatoms. The zero-order chi connectivity index (χ0) is 21.6. The maximum absolute atomic E-state index is 12.7. The summed E-state index contributed by atoms with van der Waals surface area (Å²) in [6, 6.07) is 14.3. The van der Waals surface area contributed by atoms with E-state index in [-0.39, 0.29) is 4.90 Å². The Labute approximate surface area is 175 Å². The summed E-state index contributed by atoms with van der Waals surface area (Å²) in [5.41, 5.74) is 2.46. The van der Waals surface area contributed by atoms with Gasteiger partial charge in [-0.05, 0) is 55.0 Å². The third-order valence-electron chi connectivity index (χ3n) is 4.35. The number of ether oxygens (including phenoxy) is 1. The van der Waals surface area contributed by atoms with E-state index < -0.39 is 16.1 Å². The maximum atomic E-state index is 12.7. The first-order valence-electron chi connectivity index (χ1n) is 9.09. The van der Waals surface area contributed by atoms with Gasteiger partial charge in [-0.25, -0.2) is 13.2 Å². The van der Waals surface area contributed by atoms with Gasteiger partial charge >= 0.3 is 6.03 Å². The van der Waals surface area contributed by atoms with Crippen LogP contribution in [0.2, 0.25) is 0 Å². The first-order chi connectivity index (χ1) is 14.4. The average molecular weight is 426 g/mol. The van der Waals surface area contributed by atoms with Crippen molar-refractivity contribution in [2.24, 2.45) is 0 Å². The molecule has 0 unspecified atom stereocenters. The number of sulfonamides is 1. The number of amides is 2. The number of carbonyl (C=O) groups is 1. The van der Waals surface area contributed by atoms with Crippen LogP contribution in [0, 0.1) is 6.92 Å². The number of pyridine rings is 1. The van der Waals surface area contributed by atoms with E-state index in [4.69, 9.17) is 4.74 Å². The molecule has 1 aromatic heterocycles. The van der Waals surface area contributed by atoms with Crippen LogP contribution in [0.3, 0.4) is 0 Å². The van der Waals surface area contributed by atoms with E-state index in [1.807, 2.05) is 6.07 Å². The molecule has 0 aliphatic rings. The Hall–Kier alpha value is -3.59. The van der Waals surface area contributed by atoms with Gasteiger partial charge < -0.3 is 15.4 Å². The Morgan fingerprint density at radius 2 is 1.83 bits per heavy atom. The second kappa shape index (κ2) is 9.27. The van der Waals surface area contributed by atoms with Crippen molar-refractivity contribution in [1.82, 2.24) is 10.3 Å². The van der Waals surface area contributed by atoms with Gasteiger partial charge in [0.15, 0.2) is 0 Å². The Morgan fingerprint density at radius 1 is 1.07 bits per heavy atom. The molecule has 0 aliphatic heterocycles. The molecule has 0 atom stereocenters. The minimum absolute atomic E-state index is 0.0750. The number of carbonyl (C=O) groups excluding carboxylic acids is 1. The topological polar surface area (TPSA) is 109 Å². The summed E-state index contributed by atoms with van der Waals surface area (Å²) in [5, 5.41) is 5.37. The number of benzene rings is 2. The van der Waals surface area contributed by atoms with Crippen molar-refractivity contribution in [3.05, 3.63) is 78.1 Å². The van der Waals surface area contributed by atoms with Gasteiger partial charge in [0.25, 0.3) is 10.0 Å². The molecule has 0 saturated carbocycles. The minimum atomic E-state index is -3.79. The normalized spacial score (nSPS) is 10.9. The van der Waals surface area contributed by atoms with Gasteiger partial charge in [-0.15, -0.1) is 0 Å². The molecule has 0 radical (unpaired) electrons. The van der Waals surface area contributed by atoms with Crippen molar-refractivity contribution < 1.29 is 17.9 Å². The molecule has 3 rings (SSSR count). The van der Waals surface area contributed by atoms with E-state index >= 15 is 0 Å². The van der Waals surface area contributed by atoms with Crippen LogP contribution in [0.25, 0.3) is 0 Å². The Morgan fingerprint density at radius 3 is 2.50 bits per heavy atom. The summed E-state index contributed by atoms with van der Waals surface area (Å²) in [6.45, 7) is 2.10. The van der Waals surface area contributed by atoms with E-state index in [0.29, 0.717) is 29.2 Å². The summed E-state index contributed by atoms with van der Waals surface area (Å²) in [6.07, 6.45) is 3.32. The van der Waals surface area contributed by atoms with Gasteiger partial charge in [-0.2, -0.15) is 0 Å². The van der Waals surface area contributed by atoms with E-state index in [9.17, 15) is 13.2 Å². The summed E-state index contributed by atoms with van der Waals surface area (Å²) < 4.78 is 33.2. The Kier molecular flexibility index (Phi) is 6.53. The zero-order valence-corrected chi connectivity index (χ0v) is 17.4. The monoisotopic (exact) mass is 426 g/mol. The van der Waals surface area contributed by atoms with Gasteiger partial charge in [0, 0.05) is 30.2 Å². The first-order valence-corrected chi connectivity index (χ1v) is 10.6. The molecule has 156 valence electrons. The molecule has 0 spiro atoms. The van der Waals surface area contributed by atoms with Crippen molar-refractivity contribution in [3.63, 3.8) is 0 Å². The first kappa shape index (κ1) is 21.1. The number of urea groups is 1. The van der Waals surface area contributed by atoms with Crippen molar-refractivity contribution in [1.29, 1.82) is 0 Å². The Bertz CT molecular complexity index is 1120. The molecule has 3 aromatic rings. The highest BCUT2D eigenvalue weighted by Gasteiger charge is 2.16. The van der Waals surface area contributed by atoms with Crippen molar-refractivity contribution in [3.8, 4) is 5.75 Å². The number of methoxy groups -OCH3 is 1. The lowest BCUT2D eigenvalue weighted by Crippen LogP contribution is -2.28. The van der Waals surface area contributed by atoms with Crippen LogP contribution in [0.4, 0.5) is 16.2 Å². The van der Waals surface area contributed by atoms with Crippen LogP contribution >= 0.6 is 0 Å². The van der Waals surface area contributed by atoms with Gasteiger partial charge in [-0.1, -0.05) is 12.1 Å². The molecule has 0 fully saturated rings. The van der Waals surface area contributed by atoms with Crippen molar-refractivity contribution in [2.45, 2.75) is 18.4 Å². The van der Waals surface area contributed by atoms with Crippen LogP contribution in [-0.4, -0.2) is 26.5 Å². The van der Waals surface area contributed by atoms with E-state index in [1.165, 1.54) is 31.4 Å². The fourth-order valence-corrected chi connectivity index (χ4v) is 3.85. The third-order valence-corrected chi connectivity index (χ3v) is 5.73. The highest BCUT2D eigenvalue weighted by molar-refractivity contribution is 7.92. The fourth-order valence-electron chi connectivity index (χ4n) is 2.73. The molecular formula is C21H22N4O4S. The van der Waals surface area contributed by atoms with E-state index in [1.54, 1.807) is 43.6 Å². The molecule has 1 heterocycles. The van der Waals surface area contributed by atoms with Crippen LogP contribution in [-0.2, 0) is 16.6 Å².